The highest BCUT2D eigenvalue weighted by atomic mass is 19.1. The highest BCUT2D eigenvalue weighted by Crippen LogP contribution is 2.21. The third kappa shape index (κ3) is 2.93. The number of para-hydroxylation sites is 1. The smallest absolute Gasteiger partial charge is 0.126 e. The molecule has 0 aliphatic heterocycles. The van der Waals surface area contributed by atoms with Crippen molar-refractivity contribution in [3.8, 4) is 0 Å². The van der Waals surface area contributed by atoms with Gasteiger partial charge in [0.1, 0.15) is 5.82 Å². The fourth-order valence-corrected chi connectivity index (χ4v) is 2.35. The summed E-state index contributed by atoms with van der Waals surface area (Å²) in [6, 6.07) is 16.6. The van der Waals surface area contributed by atoms with Crippen LogP contribution in [-0.4, -0.2) is 10.1 Å². The van der Waals surface area contributed by atoms with Crippen molar-refractivity contribution in [3.05, 3.63) is 77.2 Å². The first-order valence-electron chi connectivity index (χ1n) is 6.92. The zero-order valence-corrected chi connectivity index (χ0v) is 11.8. The molecule has 1 unspecified atom stereocenters. The lowest BCUT2D eigenvalue weighted by Crippen LogP contribution is -2.04. The van der Waals surface area contributed by atoms with Crippen LogP contribution in [0.1, 0.15) is 22.9 Å². The summed E-state index contributed by atoms with van der Waals surface area (Å²) in [5, 5.41) is 11.3. The van der Waals surface area contributed by atoms with E-state index in [2.05, 4.69) is 4.98 Å². The molecule has 2 nitrogen and oxygen atoms in total. The molecule has 0 radical (unpaired) electrons. The minimum Gasteiger partial charge on any atom is -0.388 e. The number of hydrogen-bond acceptors (Lipinski definition) is 2. The molecule has 1 atom stereocenters. The molecule has 3 rings (SSSR count). The Morgan fingerprint density at radius 1 is 1.10 bits per heavy atom. The summed E-state index contributed by atoms with van der Waals surface area (Å²) in [5.74, 6) is -0.293. The lowest BCUT2D eigenvalue weighted by Gasteiger charge is -2.12. The van der Waals surface area contributed by atoms with Gasteiger partial charge in [-0.25, -0.2) is 4.39 Å². The third-order valence-corrected chi connectivity index (χ3v) is 3.64. The first kappa shape index (κ1) is 13.7. The van der Waals surface area contributed by atoms with Crippen LogP contribution in [0.25, 0.3) is 10.9 Å². The van der Waals surface area contributed by atoms with Crippen LogP contribution >= 0.6 is 0 Å². The maximum Gasteiger partial charge on any atom is 0.126 e. The summed E-state index contributed by atoms with van der Waals surface area (Å²) in [4.78, 5) is 4.53. The highest BCUT2D eigenvalue weighted by molar-refractivity contribution is 5.78. The second-order valence-electron chi connectivity index (χ2n) is 5.22. The number of hydrogen-bond donors (Lipinski definition) is 1. The van der Waals surface area contributed by atoms with Crippen molar-refractivity contribution in [2.24, 2.45) is 0 Å². The van der Waals surface area contributed by atoms with Gasteiger partial charge in [0.05, 0.1) is 11.6 Å². The largest absolute Gasteiger partial charge is 0.388 e. The molecular weight excluding hydrogens is 265 g/mol. The van der Waals surface area contributed by atoms with E-state index in [1.165, 1.54) is 6.07 Å². The predicted octanol–water partition coefficient (Wildman–Crippen LogP) is 3.96. The molecule has 1 heterocycles. The van der Waals surface area contributed by atoms with Crippen molar-refractivity contribution in [3.63, 3.8) is 0 Å². The quantitative estimate of drug-likeness (QED) is 0.788. The molecule has 0 saturated heterocycles. The number of aliphatic hydroxyl groups is 1. The van der Waals surface area contributed by atoms with Crippen molar-refractivity contribution in [2.75, 3.05) is 0 Å². The maximum absolute atomic E-state index is 13.6. The molecule has 0 saturated carbocycles. The van der Waals surface area contributed by atoms with Crippen molar-refractivity contribution in [1.82, 2.24) is 4.98 Å². The number of halogens is 1. The lowest BCUT2D eigenvalue weighted by molar-refractivity contribution is 0.177. The van der Waals surface area contributed by atoms with Gasteiger partial charge in [-0.1, -0.05) is 36.4 Å². The van der Waals surface area contributed by atoms with Crippen molar-refractivity contribution < 1.29 is 9.50 Å². The van der Waals surface area contributed by atoms with Gasteiger partial charge < -0.3 is 5.11 Å². The Morgan fingerprint density at radius 2 is 1.90 bits per heavy atom. The van der Waals surface area contributed by atoms with E-state index in [9.17, 15) is 9.50 Å². The zero-order valence-electron chi connectivity index (χ0n) is 11.8. The SMILES string of the molecule is Cc1ccc(C(O)Cc2ccc3ccccc3n2)cc1F. The van der Waals surface area contributed by atoms with E-state index in [4.69, 9.17) is 0 Å². The van der Waals surface area contributed by atoms with Gasteiger partial charge in [-0.05, 0) is 36.2 Å². The van der Waals surface area contributed by atoms with Crippen LogP contribution in [0.15, 0.2) is 54.6 Å². The van der Waals surface area contributed by atoms with Gasteiger partial charge in [0.25, 0.3) is 0 Å². The predicted molar refractivity (Wildman–Crippen MR) is 81.5 cm³/mol. The molecular formula is C18H16FNO. The Kier molecular flexibility index (Phi) is 3.67. The van der Waals surface area contributed by atoms with Gasteiger partial charge >= 0.3 is 0 Å². The van der Waals surface area contributed by atoms with Crippen LogP contribution in [0.3, 0.4) is 0 Å². The van der Waals surface area contributed by atoms with Gasteiger partial charge in [0.15, 0.2) is 0 Å². The molecule has 0 aliphatic rings. The normalized spacial score (nSPS) is 12.5. The number of aromatic nitrogens is 1. The zero-order chi connectivity index (χ0) is 14.8. The topological polar surface area (TPSA) is 33.1 Å². The fraction of sp³-hybridized carbons (Fsp3) is 0.167. The van der Waals surface area contributed by atoms with Crippen molar-refractivity contribution >= 4 is 10.9 Å². The van der Waals surface area contributed by atoms with Crippen LogP contribution in [0.5, 0.6) is 0 Å². The minimum atomic E-state index is -0.756. The first-order chi connectivity index (χ1) is 10.1. The Morgan fingerprint density at radius 3 is 2.71 bits per heavy atom. The molecule has 1 aromatic heterocycles. The van der Waals surface area contributed by atoms with Gasteiger partial charge in [-0.2, -0.15) is 0 Å². The molecule has 106 valence electrons. The Labute approximate surface area is 122 Å². The van der Waals surface area contributed by atoms with Crippen LogP contribution in [0.4, 0.5) is 4.39 Å². The summed E-state index contributed by atoms with van der Waals surface area (Å²) in [6.45, 7) is 1.70. The number of aryl methyl sites for hydroxylation is 1. The minimum absolute atomic E-state index is 0.293. The maximum atomic E-state index is 13.6. The van der Waals surface area contributed by atoms with E-state index in [1.807, 2.05) is 36.4 Å². The van der Waals surface area contributed by atoms with Gasteiger partial charge in [0.2, 0.25) is 0 Å². The number of aliphatic hydroxyl groups excluding tert-OH is 1. The lowest BCUT2D eigenvalue weighted by atomic mass is 10.0. The number of pyridine rings is 1. The van der Waals surface area contributed by atoms with Crippen LogP contribution in [-0.2, 0) is 6.42 Å². The number of rotatable bonds is 3. The number of nitrogens with zero attached hydrogens (tertiary/aromatic N) is 1. The van der Waals surface area contributed by atoms with E-state index >= 15 is 0 Å². The molecule has 0 amide bonds. The number of benzene rings is 2. The van der Waals surface area contributed by atoms with Gasteiger partial charge in [-0.15, -0.1) is 0 Å². The molecule has 1 N–H and O–H groups in total. The van der Waals surface area contributed by atoms with E-state index < -0.39 is 6.10 Å². The average molecular weight is 281 g/mol. The molecule has 21 heavy (non-hydrogen) atoms. The Hall–Kier alpha value is -2.26. The third-order valence-electron chi connectivity index (χ3n) is 3.64. The second kappa shape index (κ2) is 5.62. The van der Waals surface area contributed by atoms with Crippen molar-refractivity contribution in [2.45, 2.75) is 19.4 Å². The molecule has 0 spiro atoms. The van der Waals surface area contributed by atoms with Crippen LogP contribution < -0.4 is 0 Å². The summed E-state index contributed by atoms with van der Waals surface area (Å²) in [7, 11) is 0. The van der Waals surface area contributed by atoms with E-state index in [1.54, 1.807) is 19.1 Å². The molecule has 3 heteroatoms. The fourth-order valence-electron chi connectivity index (χ4n) is 2.35. The average Bonchev–Trinajstić information content (AvgIpc) is 2.50. The van der Waals surface area contributed by atoms with Crippen LogP contribution in [0, 0.1) is 12.7 Å². The summed E-state index contributed by atoms with van der Waals surface area (Å²) in [5.41, 5.74) is 2.85. The van der Waals surface area contributed by atoms with E-state index in [-0.39, 0.29) is 5.82 Å². The van der Waals surface area contributed by atoms with E-state index in [0.29, 0.717) is 17.5 Å². The molecule has 0 aliphatic carbocycles. The molecule has 0 fully saturated rings. The summed E-state index contributed by atoms with van der Waals surface area (Å²) >= 11 is 0. The van der Waals surface area contributed by atoms with Gasteiger partial charge in [0, 0.05) is 17.5 Å². The van der Waals surface area contributed by atoms with Crippen molar-refractivity contribution in [1.29, 1.82) is 0 Å². The van der Waals surface area contributed by atoms with Gasteiger partial charge in [-0.3, -0.25) is 4.98 Å². The first-order valence-corrected chi connectivity index (χ1v) is 6.92. The standard InChI is InChI=1S/C18H16FNO/c1-12-6-7-14(10-16(12)19)18(21)11-15-9-8-13-4-2-3-5-17(13)20-15/h2-10,18,21H,11H2,1H3. The Bertz CT molecular complexity index is 785. The molecule has 0 bridgehead atoms. The summed E-state index contributed by atoms with van der Waals surface area (Å²) in [6.07, 6.45) is -0.387. The monoisotopic (exact) mass is 281 g/mol. The second-order valence-corrected chi connectivity index (χ2v) is 5.22. The molecule has 2 aromatic carbocycles. The molecule has 3 aromatic rings. The van der Waals surface area contributed by atoms with E-state index in [0.717, 1.165) is 16.6 Å². The van der Waals surface area contributed by atoms with Crippen LogP contribution in [0.2, 0.25) is 0 Å². The Balaban J connectivity index is 1.85. The number of fused-ring (bicyclic) bond motifs is 1. The summed E-state index contributed by atoms with van der Waals surface area (Å²) < 4.78 is 13.6. The highest BCUT2D eigenvalue weighted by Gasteiger charge is 2.11.